The van der Waals surface area contributed by atoms with Crippen LogP contribution in [0.5, 0.6) is 0 Å². The summed E-state index contributed by atoms with van der Waals surface area (Å²) in [6, 6.07) is 4.63. The summed E-state index contributed by atoms with van der Waals surface area (Å²) in [6.07, 6.45) is 6.51. The maximum Gasteiger partial charge on any atom is 0.339 e. The monoisotopic (exact) mass is 313 g/mol. The number of carbonyl (C=O) groups is 1. The van der Waals surface area contributed by atoms with Crippen LogP contribution in [0, 0.1) is 0 Å². The Morgan fingerprint density at radius 2 is 2.13 bits per heavy atom. The Hall–Kier alpha value is -2.86. The van der Waals surface area contributed by atoms with E-state index >= 15 is 0 Å². The Bertz CT molecular complexity index is 732. The molecule has 0 unspecified atom stereocenters. The van der Waals surface area contributed by atoms with E-state index in [1.54, 1.807) is 12.1 Å². The highest BCUT2D eigenvalue weighted by molar-refractivity contribution is 5.97. The fourth-order valence-electron chi connectivity index (χ4n) is 2.69. The molecule has 0 spiro atoms. The number of aromatic amines is 1. The highest BCUT2D eigenvalue weighted by Crippen LogP contribution is 2.28. The average Bonchev–Trinajstić information content (AvgIpc) is 3.10. The molecule has 2 aromatic rings. The fourth-order valence-corrected chi connectivity index (χ4v) is 2.69. The molecular weight excluding hydrogens is 298 g/mol. The number of H-pyrrole nitrogens is 1. The molecule has 1 aromatic heterocycles. The zero-order chi connectivity index (χ0) is 16.1. The molecule has 1 heterocycles. The Kier molecular flexibility index (Phi) is 4.54. The first-order valence-electron chi connectivity index (χ1n) is 7.44. The average molecular weight is 313 g/mol. The Balaban J connectivity index is 1.90. The third-order valence-electron chi connectivity index (χ3n) is 3.81. The van der Waals surface area contributed by atoms with E-state index in [0.29, 0.717) is 16.8 Å². The molecule has 8 heteroatoms. The number of ether oxygens (including phenoxy) is 1. The molecular formula is C15H15N5O3. The van der Waals surface area contributed by atoms with Gasteiger partial charge in [0.05, 0.1) is 11.3 Å². The first kappa shape index (κ1) is 15.1. The lowest BCUT2D eigenvalue weighted by atomic mass is 9.97. The predicted octanol–water partition coefficient (Wildman–Crippen LogP) is 2.32. The summed E-state index contributed by atoms with van der Waals surface area (Å²) < 4.78 is 5.58. The van der Waals surface area contributed by atoms with Crippen LogP contribution < -0.4 is 0 Å². The molecule has 1 aliphatic carbocycles. The van der Waals surface area contributed by atoms with E-state index in [2.05, 4.69) is 25.6 Å². The number of benzene rings is 1. The topological polar surface area (TPSA) is 110 Å². The van der Waals surface area contributed by atoms with Crippen molar-refractivity contribution in [2.75, 3.05) is 0 Å². The van der Waals surface area contributed by atoms with Crippen molar-refractivity contribution in [3.63, 3.8) is 0 Å². The molecule has 0 atom stereocenters. The second kappa shape index (κ2) is 6.93. The van der Waals surface area contributed by atoms with Crippen molar-refractivity contribution < 1.29 is 14.3 Å². The molecule has 0 amide bonds. The number of isocyanates is 1. The van der Waals surface area contributed by atoms with E-state index in [-0.39, 0.29) is 11.9 Å². The van der Waals surface area contributed by atoms with E-state index in [0.717, 1.165) is 25.7 Å². The lowest BCUT2D eigenvalue weighted by molar-refractivity contribution is 0.0212. The summed E-state index contributed by atoms with van der Waals surface area (Å²) in [4.78, 5) is 26.5. The van der Waals surface area contributed by atoms with Crippen molar-refractivity contribution >= 4 is 17.7 Å². The standard InChI is InChI=1S/C15H15N5O3/c21-9-16-10-6-7-12(13(8-10)14-17-19-20-18-14)15(22)23-11-4-2-1-3-5-11/h6-8,11H,1-5H2,(H,17,18,19,20). The number of aliphatic imine (C=N–C) groups is 1. The third kappa shape index (κ3) is 3.49. The van der Waals surface area contributed by atoms with Gasteiger partial charge in [-0.1, -0.05) is 6.42 Å². The molecule has 1 fully saturated rings. The minimum atomic E-state index is -0.432. The number of tetrazole rings is 1. The molecule has 0 bridgehead atoms. The second-order valence-electron chi connectivity index (χ2n) is 5.33. The summed E-state index contributed by atoms with van der Waals surface area (Å²) in [5.74, 6) is -0.193. The summed E-state index contributed by atoms with van der Waals surface area (Å²) in [5, 5.41) is 13.6. The number of nitrogens with one attached hydrogen (secondary N) is 1. The number of esters is 1. The lowest BCUT2D eigenvalue weighted by Crippen LogP contribution is -2.21. The normalized spacial score (nSPS) is 15.0. The molecule has 0 saturated heterocycles. The Labute approximate surface area is 132 Å². The fraction of sp³-hybridized carbons (Fsp3) is 0.400. The van der Waals surface area contributed by atoms with Crippen molar-refractivity contribution in [1.29, 1.82) is 0 Å². The third-order valence-corrected chi connectivity index (χ3v) is 3.81. The van der Waals surface area contributed by atoms with Crippen molar-refractivity contribution in [1.82, 2.24) is 20.6 Å². The minimum absolute atomic E-state index is 0.0537. The van der Waals surface area contributed by atoms with Crippen molar-refractivity contribution in [2.45, 2.75) is 38.2 Å². The van der Waals surface area contributed by atoms with E-state index in [9.17, 15) is 9.59 Å². The lowest BCUT2D eigenvalue weighted by Gasteiger charge is -2.22. The summed E-state index contributed by atoms with van der Waals surface area (Å²) in [7, 11) is 0. The largest absolute Gasteiger partial charge is 0.459 e. The Morgan fingerprint density at radius 3 is 2.83 bits per heavy atom. The number of hydrogen-bond acceptors (Lipinski definition) is 7. The van der Waals surface area contributed by atoms with Gasteiger partial charge < -0.3 is 4.74 Å². The molecule has 118 valence electrons. The van der Waals surface area contributed by atoms with Crippen LogP contribution in [0.15, 0.2) is 23.2 Å². The van der Waals surface area contributed by atoms with E-state index in [4.69, 9.17) is 4.74 Å². The Morgan fingerprint density at radius 1 is 1.30 bits per heavy atom. The van der Waals surface area contributed by atoms with Crippen molar-refractivity contribution in [2.24, 2.45) is 4.99 Å². The molecule has 1 saturated carbocycles. The van der Waals surface area contributed by atoms with Gasteiger partial charge in [-0.25, -0.2) is 9.59 Å². The smallest absolute Gasteiger partial charge is 0.339 e. The first-order valence-corrected chi connectivity index (χ1v) is 7.44. The molecule has 8 nitrogen and oxygen atoms in total. The molecule has 1 aromatic carbocycles. The minimum Gasteiger partial charge on any atom is -0.459 e. The van der Waals surface area contributed by atoms with Gasteiger partial charge in [0.2, 0.25) is 11.9 Å². The number of carbonyl (C=O) groups excluding carboxylic acids is 2. The van der Waals surface area contributed by atoms with E-state index < -0.39 is 5.97 Å². The van der Waals surface area contributed by atoms with Gasteiger partial charge in [-0.3, -0.25) is 0 Å². The number of aromatic nitrogens is 4. The SMILES string of the molecule is O=C=Nc1ccc(C(=O)OC2CCCCC2)c(-c2nn[nH]n2)c1. The van der Waals surface area contributed by atoms with Gasteiger partial charge in [-0.2, -0.15) is 10.2 Å². The van der Waals surface area contributed by atoms with Gasteiger partial charge in [0.15, 0.2) is 0 Å². The molecule has 1 N–H and O–H groups in total. The van der Waals surface area contributed by atoms with Crippen LogP contribution in [0.1, 0.15) is 42.5 Å². The number of nitrogens with zero attached hydrogens (tertiary/aromatic N) is 4. The molecule has 3 rings (SSSR count). The summed E-state index contributed by atoms with van der Waals surface area (Å²) >= 11 is 0. The quantitative estimate of drug-likeness (QED) is 0.527. The van der Waals surface area contributed by atoms with Crippen LogP contribution in [-0.4, -0.2) is 38.8 Å². The van der Waals surface area contributed by atoms with Crippen molar-refractivity contribution in [3.8, 4) is 11.4 Å². The van der Waals surface area contributed by atoms with Gasteiger partial charge in [0.1, 0.15) is 6.10 Å². The highest BCUT2D eigenvalue weighted by atomic mass is 16.5. The molecule has 23 heavy (non-hydrogen) atoms. The number of rotatable bonds is 4. The summed E-state index contributed by atoms with van der Waals surface area (Å²) in [5.41, 5.74) is 1.09. The maximum absolute atomic E-state index is 12.5. The van der Waals surface area contributed by atoms with E-state index in [1.165, 1.54) is 18.6 Å². The zero-order valence-electron chi connectivity index (χ0n) is 12.4. The maximum atomic E-state index is 12.5. The van der Waals surface area contributed by atoms with Crippen LogP contribution in [0.25, 0.3) is 11.4 Å². The molecule has 1 aliphatic rings. The van der Waals surface area contributed by atoms with E-state index in [1.807, 2.05) is 0 Å². The van der Waals surface area contributed by atoms with Crippen LogP contribution in [0.3, 0.4) is 0 Å². The van der Waals surface area contributed by atoms with Gasteiger partial charge >= 0.3 is 5.97 Å². The zero-order valence-corrected chi connectivity index (χ0v) is 12.4. The molecule has 0 aliphatic heterocycles. The molecule has 0 radical (unpaired) electrons. The highest BCUT2D eigenvalue weighted by Gasteiger charge is 2.22. The van der Waals surface area contributed by atoms with Crippen LogP contribution in [0.4, 0.5) is 5.69 Å². The van der Waals surface area contributed by atoms with Gasteiger partial charge in [0, 0.05) is 5.56 Å². The number of hydrogen-bond donors (Lipinski definition) is 1. The van der Waals surface area contributed by atoms with Gasteiger partial charge in [-0.05, 0) is 49.1 Å². The predicted molar refractivity (Wildman–Crippen MR) is 79.7 cm³/mol. The van der Waals surface area contributed by atoms with Gasteiger partial charge in [-0.15, -0.1) is 10.2 Å². The van der Waals surface area contributed by atoms with Crippen LogP contribution >= 0.6 is 0 Å². The van der Waals surface area contributed by atoms with Crippen LogP contribution in [0.2, 0.25) is 0 Å². The van der Waals surface area contributed by atoms with Crippen molar-refractivity contribution in [3.05, 3.63) is 23.8 Å². The van der Waals surface area contributed by atoms with Crippen LogP contribution in [-0.2, 0) is 9.53 Å². The second-order valence-corrected chi connectivity index (χ2v) is 5.33. The first-order chi connectivity index (χ1) is 11.3. The van der Waals surface area contributed by atoms with Gasteiger partial charge in [0.25, 0.3) is 0 Å². The summed E-state index contributed by atoms with van der Waals surface area (Å²) in [6.45, 7) is 0.